The van der Waals surface area contributed by atoms with Gasteiger partial charge >= 0.3 is 0 Å². The van der Waals surface area contributed by atoms with Gasteiger partial charge in [0.25, 0.3) is 5.56 Å². The van der Waals surface area contributed by atoms with Crippen molar-refractivity contribution in [2.75, 3.05) is 5.32 Å². The Kier molecular flexibility index (Phi) is 4.70. The summed E-state index contributed by atoms with van der Waals surface area (Å²) in [4.78, 5) is 16.8. The molecule has 0 amide bonds. The number of rotatable bonds is 3. The van der Waals surface area contributed by atoms with Gasteiger partial charge in [0.1, 0.15) is 11.9 Å². The quantitative estimate of drug-likeness (QED) is 0.921. The van der Waals surface area contributed by atoms with Crippen molar-refractivity contribution in [2.24, 2.45) is 0 Å². The number of nitrogens with one attached hydrogen (secondary N) is 1. The summed E-state index contributed by atoms with van der Waals surface area (Å²) in [5.41, 5.74) is 2.89. The topological polar surface area (TPSA) is 83.6 Å². The van der Waals surface area contributed by atoms with Crippen molar-refractivity contribution in [3.05, 3.63) is 51.6 Å². The predicted octanol–water partition coefficient (Wildman–Crippen LogP) is 2.98. The molecule has 0 spiro atoms. The maximum Gasteiger partial charge on any atom is 0.267 e. The van der Waals surface area contributed by atoms with E-state index in [-0.39, 0.29) is 11.6 Å². The SMILES string of the molecule is N#Cc1ccc(NC2CCC(n3nc4c(cc3=O)CCCC4)CC2)nc1. The highest BCUT2D eigenvalue weighted by molar-refractivity contribution is 5.39. The molecule has 0 aromatic carbocycles. The number of nitriles is 1. The number of fused-ring (bicyclic) bond motifs is 1. The smallest absolute Gasteiger partial charge is 0.267 e. The Morgan fingerprint density at radius 2 is 1.96 bits per heavy atom. The largest absolute Gasteiger partial charge is 0.367 e. The van der Waals surface area contributed by atoms with Crippen LogP contribution in [0.1, 0.15) is 61.4 Å². The molecule has 1 saturated carbocycles. The third-order valence-corrected chi connectivity index (χ3v) is 5.52. The molecule has 2 aliphatic carbocycles. The number of hydrogen-bond acceptors (Lipinski definition) is 5. The van der Waals surface area contributed by atoms with Crippen molar-refractivity contribution in [2.45, 2.75) is 63.5 Å². The summed E-state index contributed by atoms with van der Waals surface area (Å²) >= 11 is 0. The van der Waals surface area contributed by atoms with E-state index < -0.39 is 0 Å². The van der Waals surface area contributed by atoms with Crippen molar-refractivity contribution < 1.29 is 0 Å². The Morgan fingerprint density at radius 1 is 1.15 bits per heavy atom. The van der Waals surface area contributed by atoms with E-state index in [1.54, 1.807) is 16.9 Å². The van der Waals surface area contributed by atoms with Crippen LogP contribution in [-0.2, 0) is 12.8 Å². The van der Waals surface area contributed by atoms with Gasteiger partial charge in [-0.1, -0.05) is 0 Å². The van der Waals surface area contributed by atoms with Gasteiger partial charge in [-0.2, -0.15) is 10.4 Å². The van der Waals surface area contributed by atoms with Gasteiger partial charge in [0.2, 0.25) is 0 Å². The molecule has 2 heterocycles. The van der Waals surface area contributed by atoms with Crippen molar-refractivity contribution in [1.82, 2.24) is 14.8 Å². The predicted molar refractivity (Wildman–Crippen MR) is 99.0 cm³/mol. The monoisotopic (exact) mass is 349 g/mol. The second-order valence-electron chi connectivity index (χ2n) is 7.30. The minimum absolute atomic E-state index is 0.0517. The van der Waals surface area contributed by atoms with Gasteiger partial charge in [-0.15, -0.1) is 0 Å². The zero-order valence-electron chi connectivity index (χ0n) is 14.8. The first kappa shape index (κ1) is 16.8. The Balaban J connectivity index is 1.40. The molecule has 4 rings (SSSR count). The molecule has 0 saturated heterocycles. The lowest BCUT2D eigenvalue weighted by Crippen LogP contribution is -2.34. The molecule has 0 aliphatic heterocycles. The van der Waals surface area contributed by atoms with Crippen LogP contribution in [0.4, 0.5) is 5.82 Å². The molecule has 0 unspecified atom stereocenters. The zero-order chi connectivity index (χ0) is 17.9. The third-order valence-electron chi connectivity index (χ3n) is 5.52. The fourth-order valence-electron chi connectivity index (χ4n) is 4.06. The van der Waals surface area contributed by atoms with Crippen LogP contribution in [0.5, 0.6) is 0 Å². The van der Waals surface area contributed by atoms with Crippen molar-refractivity contribution in [3.8, 4) is 6.07 Å². The molecule has 0 radical (unpaired) electrons. The van der Waals surface area contributed by atoms with Crippen LogP contribution in [0, 0.1) is 11.3 Å². The molecule has 26 heavy (non-hydrogen) atoms. The lowest BCUT2D eigenvalue weighted by atomic mass is 9.91. The van der Waals surface area contributed by atoms with Crippen LogP contribution in [0.15, 0.2) is 29.2 Å². The minimum Gasteiger partial charge on any atom is -0.367 e. The second kappa shape index (κ2) is 7.28. The van der Waals surface area contributed by atoms with Crippen LogP contribution in [0.2, 0.25) is 0 Å². The van der Waals surface area contributed by atoms with E-state index in [4.69, 9.17) is 10.4 Å². The van der Waals surface area contributed by atoms with E-state index in [2.05, 4.69) is 16.4 Å². The van der Waals surface area contributed by atoms with Gasteiger partial charge < -0.3 is 5.32 Å². The number of pyridine rings is 1. The first-order valence-electron chi connectivity index (χ1n) is 9.47. The van der Waals surface area contributed by atoms with Crippen LogP contribution < -0.4 is 10.9 Å². The first-order chi connectivity index (χ1) is 12.7. The summed E-state index contributed by atoms with van der Waals surface area (Å²) < 4.78 is 1.74. The standard InChI is InChI=1S/C20H23N5O/c21-12-14-5-10-19(22-13-14)23-16-6-8-17(9-7-16)25-20(26)11-15-3-1-2-4-18(15)24-25/h5,10-11,13,16-17H,1-4,6-9H2,(H,22,23). The lowest BCUT2D eigenvalue weighted by Gasteiger charge is -2.30. The Morgan fingerprint density at radius 3 is 2.69 bits per heavy atom. The summed E-state index contributed by atoms with van der Waals surface area (Å²) in [5, 5.41) is 17.0. The molecule has 2 aliphatic rings. The molecule has 1 N–H and O–H groups in total. The number of aromatic nitrogens is 3. The number of nitrogens with zero attached hydrogens (tertiary/aromatic N) is 4. The van der Waals surface area contributed by atoms with Crippen molar-refractivity contribution in [1.29, 1.82) is 5.26 Å². The maximum atomic E-state index is 12.5. The highest BCUT2D eigenvalue weighted by Crippen LogP contribution is 2.29. The summed E-state index contributed by atoms with van der Waals surface area (Å²) in [6.45, 7) is 0. The average Bonchev–Trinajstić information content (AvgIpc) is 2.69. The summed E-state index contributed by atoms with van der Waals surface area (Å²) in [6, 6.07) is 8.06. The second-order valence-corrected chi connectivity index (χ2v) is 7.30. The Labute approximate surface area is 152 Å². The Hall–Kier alpha value is -2.68. The fourth-order valence-corrected chi connectivity index (χ4v) is 4.06. The van der Waals surface area contributed by atoms with Crippen molar-refractivity contribution >= 4 is 5.82 Å². The van der Waals surface area contributed by atoms with Crippen molar-refractivity contribution in [3.63, 3.8) is 0 Å². The van der Waals surface area contributed by atoms with Gasteiger partial charge in [-0.05, 0) is 69.1 Å². The lowest BCUT2D eigenvalue weighted by molar-refractivity contribution is 0.300. The van der Waals surface area contributed by atoms with Crippen LogP contribution in [-0.4, -0.2) is 20.8 Å². The normalized spacial score (nSPS) is 22.3. The van der Waals surface area contributed by atoms with Gasteiger partial charge in [-0.3, -0.25) is 4.79 Å². The highest BCUT2D eigenvalue weighted by Gasteiger charge is 2.25. The number of anilines is 1. The third kappa shape index (κ3) is 3.48. The van der Waals surface area contributed by atoms with Crippen LogP contribution in [0.25, 0.3) is 0 Å². The van der Waals surface area contributed by atoms with E-state index in [1.807, 2.05) is 12.1 Å². The summed E-state index contributed by atoms with van der Waals surface area (Å²) in [7, 11) is 0. The average molecular weight is 349 g/mol. The maximum absolute atomic E-state index is 12.5. The van der Waals surface area contributed by atoms with E-state index >= 15 is 0 Å². The summed E-state index contributed by atoms with van der Waals surface area (Å²) in [5.74, 6) is 0.802. The molecule has 2 aromatic heterocycles. The van der Waals surface area contributed by atoms with Gasteiger partial charge in [0, 0.05) is 18.3 Å². The van der Waals surface area contributed by atoms with Gasteiger partial charge in [-0.25, -0.2) is 9.67 Å². The molecular weight excluding hydrogens is 326 g/mol. The van der Waals surface area contributed by atoms with Crippen LogP contribution >= 0.6 is 0 Å². The molecule has 0 atom stereocenters. The van der Waals surface area contributed by atoms with Gasteiger partial charge in [0.15, 0.2) is 0 Å². The van der Waals surface area contributed by atoms with Crippen LogP contribution in [0.3, 0.4) is 0 Å². The summed E-state index contributed by atoms with van der Waals surface area (Å²) in [6.07, 6.45) is 9.77. The fraction of sp³-hybridized carbons (Fsp3) is 0.500. The number of aryl methyl sites for hydroxylation is 2. The number of hydrogen-bond donors (Lipinski definition) is 1. The Bertz CT molecular complexity index is 873. The van der Waals surface area contributed by atoms with E-state index in [9.17, 15) is 4.79 Å². The molecule has 134 valence electrons. The van der Waals surface area contributed by atoms with E-state index in [0.29, 0.717) is 11.6 Å². The molecular formula is C20H23N5O. The van der Waals surface area contributed by atoms with Gasteiger partial charge in [0.05, 0.1) is 17.3 Å². The zero-order valence-corrected chi connectivity index (χ0v) is 14.8. The molecule has 0 bridgehead atoms. The van der Waals surface area contributed by atoms with E-state index in [1.165, 1.54) is 6.42 Å². The molecule has 2 aromatic rings. The highest BCUT2D eigenvalue weighted by atomic mass is 16.1. The molecule has 6 heteroatoms. The molecule has 6 nitrogen and oxygen atoms in total. The first-order valence-corrected chi connectivity index (χ1v) is 9.47. The minimum atomic E-state index is 0.0517. The van der Waals surface area contributed by atoms with E-state index in [0.717, 1.165) is 62.0 Å². The molecule has 1 fully saturated rings.